The minimum absolute atomic E-state index is 0.565. The third kappa shape index (κ3) is 5.34. The highest BCUT2D eigenvalue weighted by Gasteiger charge is 2.20. The van der Waals surface area contributed by atoms with E-state index in [0.717, 1.165) is 11.8 Å². The second kappa shape index (κ2) is 8.11. The third-order valence-corrected chi connectivity index (χ3v) is 4.22. The summed E-state index contributed by atoms with van der Waals surface area (Å²) in [4.78, 5) is 0. The zero-order valence-electron chi connectivity index (χ0n) is 11.5. The fourth-order valence-corrected chi connectivity index (χ4v) is 3.05. The number of rotatable bonds is 7. The zero-order chi connectivity index (χ0) is 11.8. The predicted molar refractivity (Wildman–Crippen MR) is 70.7 cm³/mol. The summed E-state index contributed by atoms with van der Waals surface area (Å²) in [5.74, 6) is 1.94. The van der Waals surface area contributed by atoms with Crippen LogP contribution < -0.4 is 0 Å². The van der Waals surface area contributed by atoms with Crippen molar-refractivity contribution in [2.45, 2.75) is 77.7 Å². The summed E-state index contributed by atoms with van der Waals surface area (Å²) < 4.78 is 5.41. The molecule has 0 heterocycles. The van der Waals surface area contributed by atoms with Gasteiger partial charge in [0.1, 0.15) is 0 Å². The van der Waals surface area contributed by atoms with Crippen LogP contribution in [-0.4, -0.2) is 13.2 Å². The van der Waals surface area contributed by atoms with Gasteiger partial charge in [0.25, 0.3) is 0 Å². The molecule has 0 aliphatic heterocycles. The SMILES string of the molecule is CCCC(C)CCCC1CCC(OC)CC1. The molecule has 1 fully saturated rings. The molecule has 0 spiro atoms. The molecule has 1 saturated carbocycles. The van der Waals surface area contributed by atoms with Crippen LogP contribution in [0.1, 0.15) is 71.6 Å². The van der Waals surface area contributed by atoms with Crippen molar-refractivity contribution in [3.05, 3.63) is 0 Å². The molecule has 1 heteroatoms. The normalized spacial score (nSPS) is 27.9. The van der Waals surface area contributed by atoms with Crippen molar-refractivity contribution in [1.82, 2.24) is 0 Å². The van der Waals surface area contributed by atoms with Gasteiger partial charge in [0.05, 0.1) is 6.10 Å². The van der Waals surface area contributed by atoms with E-state index in [2.05, 4.69) is 13.8 Å². The fourth-order valence-electron chi connectivity index (χ4n) is 3.05. The molecule has 0 aromatic rings. The van der Waals surface area contributed by atoms with Crippen molar-refractivity contribution in [2.75, 3.05) is 7.11 Å². The molecule has 1 atom stereocenters. The van der Waals surface area contributed by atoms with Gasteiger partial charge in [-0.3, -0.25) is 0 Å². The lowest BCUT2D eigenvalue weighted by atomic mass is 9.83. The maximum absolute atomic E-state index is 5.41. The van der Waals surface area contributed by atoms with Gasteiger partial charge in [-0.25, -0.2) is 0 Å². The quantitative estimate of drug-likeness (QED) is 0.606. The van der Waals surface area contributed by atoms with E-state index in [1.807, 2.05) is 7.11 Å². The molecule has 0 aromatic heterocycles. The summed E-state index contributed by atoms with van der Waals surface area (Å²) >= 11 is 0. The molecule has 0 aromatic carbocycles. The predicted octanol–water partition coefficient (Wildman–Crippen LogP) is 4.80. The lowest BCUT2D eigenvalue weighted by Crippen LogP contribution is -2.20. The Kier molecular flexibility index (Phi) is 7.11. The first kappa shape index (κ1) is 14.0. The maximum atomic E-state index is 5.41. The molecule has 16 heavy (non-hydrogen) atoms. The van der Waals surface area contributed by atoms with Crippen molar-refractivity contribution < 1.29 is 4.74 Å². The molecule has 0 saturated heterocycles. The Bertz CT molecular complexity index is 159. The largest absolute Gasteiger partial charge is 0.381 e. The second-order valence-corrected chi connectivity index (χ2v) is 5.70. The zero-order valence-corrected chi connectivity index (χ0v) is 11.5. The van der Waals surface area contributed by atoms with E-state index >= 15 is 0 Å². The molecule has 1 rings (SSSR count). The first-order valence-corrected chi connectivity index (χ1v) is 7.29. The van der Waals surface area contributed by atoms with Crippen LogP contribution in [0.5, 0.6) is 0 Å². The molecule has 0 bridgehead atoms. The van der Waals surface area contributed by atoms with Crippen LogP contribution in [0.2, 0.25) is 0 Å². The Balaban J connectivity index is 2.02. The molecular formula is C15H30O. The number of methoxy groups -OCH3 is 1. The monoisotopic (exact) mass is 226 g/mol. The molecule has 96 valence electrons. The highest BCUT2D eigenvalue weighted by molar-refractivity contribution is 4.72. The Labute approximate surface area is 102 Å². The van der Waals surface area contributed by atoms with Gasteiger partial charge in [-0.05, 0) is 37.5 Å². The smallest absolute Gasteiger partial charge is 0.0571 e. The van der Waals surface area contributed by atoms with Crippen molar-refractivity contribution in [1.29, 1.82) is 0 Å². The molecule has 1 aliphatic carbocycles. The highest BCUT2D eigenvalue weighted by Crippen LogP contribution is 2.30. The Morgan fingerprint density at radius 2 is 1.81 bits per heavy atom. The van der Waals surface area contributed by atoms with Crippen LogP contribution in [0.4, 0.5) is 0 Å². The standard InChI is InChI=1S/C15H30O/c1-4-6-13(2)7-5-8-14-9-11-15(16-3)12-10-14/h13-15H,4-12H2,1-3H3. The lowest BCUT2D eigenvalue weighted by Gasteiger charge is -2.27. The van der Waals surface area contributed by atoms with Crippen molar-refractivity contribution in [2.24, 2.45) is 11.8 Å². The van der Waals surface area contributed by atoms with E-state index in [1.54, 1.807) is 0 Å². The van der Waals surface area contributed by atoms with Gasteiger partial charge in [-0.1, -0.05) is 46.0 Å². The van der Waals surface area contributed by atoms with Crippen molar-refractivity contribution in [3.63, 3.8) is 0 Å². The summed E-state index contributed by atoms with van der Waals surface area (Å²) in [6, 6.07) is 0. The molecule has 0 amide bonds. The number of hydrogen-bond acceptors (Lipinski definition) is 1. The summed E-state index contributed by atoms with van der Waals surface area (Å²) in [6.45, 7) is 4.70. The van der Waals surface area contributed by atoms with Crippen molar-refractivity contribution >= 4 is 0 Å². The number of hydrogen-bond donors (Lipinski definition) is 0. The van der Waals surface area contributed by atoms with E-state index in [4.69, 9.17) is 4.74 Å². The molecule has 1 unspecified atom stereocenters. The molecule has 1 aliphatic rings. The molecule has 1 nitrogen and oxygen atoms in total. The van der Waals surface area contributed by atoms with E-state index in [1.165, 1.54) is 57.8 Å². The van der Waals surface area contributed by atoms with E-state index in [0.29, 0.717) is 6.10 Å². The summed E-state index contributed by atoms with van der Waals surface area (Å²) in [6.07, 6.45) is 13.1. The fraction of sp³-hybridized carbons (Fsp3) is 1.00. The van der Waals surface area contributed by atoms with E-state index in [9.17, 15) is 0 Å². The van der Waals surface area contributed by atoms with Crippen LogP contribution in [0.25, 0.3) is 0 Å². The average molecular weight is 226 g/mol. The lowest BCUT2D eigenvalue weighted by molar-refractivity contribution is 0.0550. The van der Waals surface area contributed by atoms with Gasteiger partial charge >= 0.3 is 0 Å². The van der Waals surface area contributed by atoms with Crippen molar-refractivity contribution in [3.8, 4) is 0 Å². The van der Waals surface area contributed by atoms with E-state index in [-0.39, 0.29) is 0 Å². The first-order chi connectivity index (χ1) is 7.76. The summed E-state index contributed by atoms with van der Waals surface area (Å²) in [7, 11) is 1.86. The second-order valence-electron chi connectivity index (χ2n) is 5.70. The van der Waals surface area contributed by atoms with Gasteiger partial charge in [0, 0.05) is 7.11 Å². The van der Waals surface area contributed by atoms with Crippen LogP contribution in [0.3, 0.4) is 0 Å². The minimum Gasteiger partial charge on any atom is -0.381 e. The van der Waals surface area contributed by atoms with Gasteiger partial charge in [0.15, 0.2) is 0 Å². The van der Waals surface area contributed by atoms with Gasteiger partial charge in [-0.15, -0.1) is 0 Å². The van der Waals surface area contributed by atoms with E-state index < -0.39 is 0 Å². The molecule has 0 N–H and O–H groups in total. The Morgan fingerprint density at radius 3 is 2.38 bits per heavy atom. The average Bonchev–Trinajstić information content (AvgIpc) is 2.30. The highest BCUT2D eigenvalue weighted by atomic mass is 16.5. The number of ether oxygens (including phenoxy) is 1. The third-order valence-electron chi connectivity index (χ3n) is 4.22. The molecular weight excluding hydrogens is 196 g/mol. The summed E-state index contributed by atoms with van der Waals surface area (Å²) in [5, 5.41) is 0. The van der Waals surface area contributed by atoms with Crippen LogP contribution in [0.15, 0.2) is 0 Å². The van der Waals surface area contributed by atoms with Crippen LogP contribution in [-0.2, 0) is 4.74 Å². The Hall–Kier alpha value is -0.0400. The van der Waals surface area contributed by atoms with Gasteiger partial charge < -0.3 is 4.74 Å². The first-order valence-electron chi connectivity index (χ1n) is 7.29. The molecule has 0 radical (unpaired) electrons. The Morgan fingerprint density at radius 1 is 1.12 bits per heavy atom. The van der Waals surface area contributed by atoms with Crippen LogP contribution >= 0.6 is 0 Å². The summed E-state index contributed by atoms with van der Waals surface area (Å²) in [5.41, 5.74) is 0. The minimum atomic E-state index is 0.565. The topological polar surface area (TPSA) is 9.23 Å². The maximum Gasteiger partial charge on any atom is 0.0571 e. The van der Waals surface area contributed by atoms with Crippen LogP contribution in [0, 0.1) is 11.8 Å². The van der Waals surface area contributed by atoms with Gasteiger partial charge in [0.2, 0.25) is 0 Å². The van der Waals surface area contributed by atoms with Gasteiger partial charge in [-0.2, -0.15) is 0 Å².